The lowest BCUT2D eigenvalue weighted by atomic mass is 10.1. The van der Waals surface area contributed by atoms with E-state index in [-0.39, 0.29) is 12.0 Å². The molecule has 0 spiro atoms. The molecule has 0 unspecified atom stereocenters. The number of carbonyl (C=O) groups excluding carboxylic acids is 1. The van der Waals surface area contributed by atoms with Crippen molar-refractivity contribution in [2.45, 2.75) is 18.9 Å². The molecule has 0 aliphatic carbocycles. The van der Waals surface area contributed by atoms with Crippen LogP contribution in [-0.4, -0.2) is 35.2 Å². The molecule has 1 aliphatic rings. The summed E-state index contributed by atoms with van der Waals surface area (Å²) in [5.41, 5.74) is 6.48. The molecular formula is C28H29N5O2. The Kier molecular flexibility index (Phi) is 6.68. The third-order valence-corrected chi connectivity index (χ3v) is 6.16. The number of benzene rings is 3. The van der Waals surface area contributed by atoms with Crippen LogP contribution in [0.25, 0.3) is 0 Å². The highest BCUT2D eigenvalue weighted by Crippen LogP contribution is 2.25. The highest BCUT2D eigenvalue weighted by Gasteiger charge is 2.17. The second kappa shape index (κ2) is 10.4. The molecule has 1 aromatic heterocycles. The van der Waals surface area contributed by atoms with Crippen LogP contribution < -0.4 is 20.9 Å². The summed E-state index contributed by atoms with van der Waals surface area (Å²) in [5.74, 6) is -0.143. The van der Waals surface area contributed by atoms with Crippen molar-refractivity contribution >= 4 is 40.0 Å². The third-order valence-electron chi connectivity index (χ3n) is 6.16. The molecule has 0 saturated carbocycles. The molecule has 1 fully saturated rings. The Morgan fingerprint density at radius 2 is 1.23 bits per heavy atom. The smallest absolute Gasteiger partial charge is 0.257 e. The molecule has 5 rings (SSSR count). The molecule has 0 radical (unpaired) electrons. The van der Waals surface area contributed by atoms with E-state index in [2.05, 4.69) is 50.1 Å². The number of H-pyrrole nitrogens is 1. The Labute approximate surface area is 204 Å². The van der Waals surface area contributed by atoms with Crippen LogP contribution in [0, 0.1) is 0 Å². The summed E-state index contributed by atoms with van der Waals surface area (Å²) in [6.45, 7) is 1.79. The molecule has 178 valence electrons. The van der Waals surface area contributed by atoms with E-state index in [1.165, 1.54) is 5.69 Å². The van der Waals surface area contributed by atoms with Gasteiger partial charge in [-0.2, -0.15) is 0 Å². The van der Waals surface area contributed by atoms with Gasteiger partial charge in [0.1, 0.15) is 0 Å². The average molecular weight is 468 g/mol. The van der Waals surface area contributed by atoms with Crippen molar-refractivity contribution in [1.29, 1.82) is 0 Å². The Balaban J connectivity index is 1.14. The first-order chi connectivity index (χ1) is 17.1. The van der Waals surface area contributed by atoms with Crippen molar-refractivity contribution in [2.24, 2.45) is 0 Å². The van der Waals surface area contributed by atoms with Crippen molar-refractivity contribution < 1.29 is 9.90 Å². The number of aromatic nitrogens is 1. The maximum absolute atomic E-state index is 12.2. The molecule has 3 aromatic carbocycles. The second-order valence-electron chi connectivity index (χ2n) is 8.72. The Bertz CT molecular complexity index is 1230. The van der Waals surface area contributed by atoms with Gasteiger partial charge in [-0.3, -0.25) is 4.79 Å². The molecular weight excluding hydrogens is 438 g/mol. The van der Waals surface area contributed by atoms with Gasteiger partial charge in [-0.15, -0.1) is 0 Å². The van der Waals surface area contributed by atoms with E-state index in [0.717, 1.165) is 54.4 Å². The third kappa shape index (κ3) is 5.83. The van der Waals surface area contributed by atoms with Crippen molar-refractivity contribution in [2.75, 3.05) is 33.9 Å². The first kappa shape index (κ1) is 22.6. The highest BCUT2D eigenvalue weighted by molar-refractivity contribution is 6.04. The molecule has 2 heterocycles. The molecule has 1 amide bonds. The van der Waals surface area contributed by atoms with E-state index in [0.29, 0.717) is 5.56 Å². The number of nitrogens with one attached hydrogen (secondary N) is 4. The number of anilines is 6. The van der Waals surface area contributed by atoms with Gasteiger partial charge in [-0.1, -0.05) is 0 Å². The van der Waals surface area contributed by atoms with Crippen molar-refractivity contribution in [3.63, 3.8) is 0 Å². The van der Waals surface area contributed by atoms with Crippen LogP contribution in [0.5, 0.6) is 0 Å². The van der Waals surface area contributed by atoms with Gasteiger partial charge < -0.3 is 30.9 Å². The number of aromatic amines is 1. The number of aliphatic hydroxyl groups excluding tert-OH is 1. The van der Waals surface area contributed by atoms with Crippen LogP contribution in [0.2, 0.25) is 0 Å². The number of aliphatic hydroxyl groups is 1. The van der Waals surface area contributed by atoms with Crippen LogP contribution in [0.15, 0.2) is 91.3 Å². The fraction of sp³-hybridized carbons (Fsp3) is 0.179. The first-order valence-corrected chi connectivity index (χ1v) is 11.8. The first-order valence-electron chi connectivity index (χ1n) is 11.8. The van der Waals surface area contributed by atoms with Crippen LogP contribution >= 0.6 is 0 Å². The summed E-state index contributed by atoms with van der Waals surface area (Å²) in [6, 6.07) is 25.9. The lowest BCUT2D eigenvalue weighted by Gasteiger charge is -2.31. The number of rotatable bonds is 7. The Morgan fingerprint density at radius 3 is 1.71 bits per heavy atom. The summed E-state index contributed by atoms with van der Waals surface area (Å²) in [5, 5.41) is 19.4. The number of amides is 1. The number of hydrogen-bond donors (Lipinski definition) is 5. The minimum atomic E-state index is -0.160. The Morgan fingerprint density at radius 1 is 0.743 bits per heavy atom. The van der Waals surface area contributed by atoms with Gasteiger partial charge in [-0.05, 0) is 91.7 Å². The predicted octanol–water partition coefficient (Wildman–Crippen LogP) is 5.72. The lowest BCUT2D eigenvalue weighted by Crippen LogP contribution is -2.35. The van der Waals surface area contributed by atoms with E-state index in [1.54, 1.807) is 18.5 Å². The minimum absolute atomic E-state index is 0.143. The molecule has 0 atom stereocenters. The highest BCUT2D eigenvalue weighted by atomic mass is 16.3. The summed E-state index contributed by atoms with van der Waals surface area (Å²) >= 11 is 0. The van der Waals surface area contributed by atoms with Crippen LogP contribution in [-0.2, 0) is 0 Å². The Hall–Kier alpha value is -4.23. The fourth-order valence-electron chi connectivity index (χ4n) is 4.16. The zero-order valence-electron chi connectivity index (χ0n) is 19.4. The van der Waals surface area contributed by atoms with E-state index in [9.17, 15) is 9.90 Å². The summed E-state index contributed by atoms with van der Waals surface area (Å²) in [7, 11) is 0. The summed E-state index contributed by atoms with van der Waals surface area (Å²) in [4.78, 5) is 17.4. The number of nitrogens with zero attached hydrogens (tertiary/aromatic N) is 1. The van der Waals surface area contributed by atoms with Gasteiger partial charge in [-0.25, -0.2) is 0 Å². The van der Waals surface area contributed by atoms with E-state index in [4.69, 9.17) is 0 Å². The number of hydrogen-bond acceptors (Lipinski definition) is 5. The van der Waals surface area contributed by atoms with Crippen LogP contribution in [0.1, 0.15) is 23.2 Å². The van der Waals surface area contributed by atoms with E-state index < -0.39 is 0 Å². The lowest BCUT2D eigenvalue weighted by molar-refractivity contribution is 0.102. The van der Waals surface area contributed by atoms with E-state index >= 15 is 0 Å². The minimum Gasteiger partial charge on any atom is -0.393 e. The molecule has 4 aromatic rings. The van der Waals surface area contributed by atoms with Crippen molar-refractivity contribution in [3.05, 3.63) is 96.8 Å². The largest absolute Gasteiger partial charge is 0.393 e. The van der Waals surface area contributed by atoms with Gasteiger partial charge in [0.05, 0.1) is 11.7 Å². The SMILES string of the molecule is O=C(Nc1ccc(Nc2ccc(Nc3ccc(N4CCC(O)CC4)cc3)cc2)cc1)c1cc[nH]c1. The van der Waals surface area contributed by atoms with Gasteiger partial charge in [0.2, 0.25) is 0 Å². The molecule has 7 nitrogen and oxygen atoms in total. The monoisotopic (exact) mass is 467 g/mol. The van der Waals surface area contributed by atoms with E-state index in [1.807, 2.05) is 48.5 Å². The average Bonchev–Trinajstić information content (AvgIpc) is 3.43. The van der Waals surface area contributed by atoms with Gasteiger partial charge in [0.15, 0.2) is 0 Å². The van der Waals surface area contributed by atoms with Gasteiger partial charge in [0, 0.05) is 59.6 Å². The van der Waals surface area contributed by atoms with Crippen molar-refractivity contribution in [3.8, 4) is 0 Å². The van der Waals surface area contributed by atoms with Gasteiger partial charge >= 0.3 is 0 Å². The number of piperidine rings is 1. The molecule has 1 aliphatic heterocycles. The number of carbonyl (C=O) groups is 1. The van der Waals surface area contributed by atoms with Crippen molar-refractivity contribution in [1.82, 2.24) is 4.98 Å². The predicted molar refractivity (Wildman–Crippen MR) is 142 cm³/mol. The maximum Gasteiger partial charge on any atom is 0.257 e. The molecule has 5 N–H and O–H groups in total. The van der Waals surface area contributed by atoms with Crippen LogP contribution in [0.3, 0.4) is 0 Å². The molecule has 7 heteroatoms. The fourth-order valence-corrected chi connectivity index (χ4v) is 4.16. The maximum atomic E-state index is 12.2. The second-order valence-corrected chi connectivity index (χ2v) is 8.72. The standard InChI is InChI=1S/C28H29N5O2/c34-27-14-17-33(18-15-27)26-11-9-24(10-12-26)31-22-3-1-21(2-4-22)30-23-5-7-25(8-6-23)32-28(35)20-13-16-29-19-20/h1-13,16,19,27,29-31,34H,14-15,17-18H2,(H,32,35). The summed E-state index contributed by atoms with van der Waals surface area (Å²) in [6.07, 6.45) is 4.89. The topological polar surface area (TPSA) is 92.4 Å². The van der Waals surface area contributed by atoms with Gasteiger partial charge in [0.25, 0.3) is 5.91 Å². The quantitative estimate of drug-likeness (QED) is 0.240. The zero-order chi connectivity index (χ0) is 24.0. The molecule has 1 saturated heterocycles. The molecule has 0 bridgehead atoms. The zero-order valence-corrected chi connectivity index (χ0v) is 19.4. The molecule has 35 heavy (non-hydrogen) atoms. The summed E-state index contributed by atoms with van der Waals surface area (Å²) < 4.78 is 0. The van der Waals surface area contributed by atoms with Crippen LogP contribution in [0.4, 0.5) is 34.1 Å². The normalized spacial score (nSPS) is 13.9.